The molecule has 1 saturated heterocycles. The van der Waals surface area contributed by atoms with Crippen molar-refractivity contribution in [2.24, 2.45) is 10.4 Å². The molecule has 18 nitrogen and oxygen atoms in total. The average Bonchev–Trinajstić information content (AvgIpc) is 4.04. The largest absolute Gasteiger partial charge is 0.428 e. The number of hydrogen-bond donors (Lipinski definition) is 2. The van der Waals surface area contributed by atoms with Gasteiger partial charge in [0, 0.05) is 77.2 Å². The van der Waals surface area contributed by atoms with E-state index < -0.39 is 40.2 Å². The Hall–Kier alpha value is -6.32. The minimum atomic E-state index is -4.06. The monoisotopic (exact) mass is 1080 g/mol. The van der Waals surface area contributed by atoms with E-state index in [-0.39, 0.29) is 55.2 Å². The Bertz CT molecular complexity index is 3220. The van der Waals surface area contributed by atoms with E-state index in [4.69, 9.17) is 30.8 Å². The van der Waals surface area contributed by atoms with Crippen molar-refractivity contribution in [2.75, 3.05) is 38.9 Å². The van der Waals surface area contributed by atoms with Gasteiger partial charge < -0.3 is 24.8 Å². The first kappa shape index (κ1) is 54.9. The van der Waals surface area contributed by atoms with Crippen LogP contribution in [0.2, 0.25) is 5.02 Å². The van der Waals surface area contributed by atoms with E-state index in [2.05, 4.69) is 39.8 Å². The molecular formula is C54H64ClN9O9S2. The number of rotatable bonds is 20. The van der Waals surface area contributed by atoms with Crippen LogP contribution in [-0.2, 0) is 49.8 Å². The van der Waals surface area contributed by atoms with Crippen molar-refractivity contribution in [1.82, 2.24) is 34.0 Å². The lowest BCUT2D eigenvalue weighted by molar-refractivity contribution is -0.172. The normalized spacial score (nSPS) is 15.2. The Labute approximate surface area is 446 Å². The molecule has 0 saturated carbocycles. The van der Waals surface area contributed by atoms with E-state index in [1.165, 1.54) is 21.4 Å². The van der Waals surface area contributed by atoms with Gasteiger partial charge in [-0.1, -0.05) is 49.1 Å². The highest BCUT2D eigenvalue weighted by molar-refractivity contribution is 7.89. The van der Waals surface area contributed by atoms with Crippen molar-refractivity contribution in [2.45, 2.75) is 123 Å². The maximum Gasteiger partial charge on any atom is 0.314 e. The highest BCUT2D eigenvalue weighted by atomic mass is 35.5. The number of thiophene rings is 1. The SMILES string of the molecule is COC1CCN(S(=O)(=O)c2cc(NC(=O)CCCCCCCNC(=O)C[C@@H]3N=C(c4ccc(Cl)cc4)c4c(sc(C)c4C)-n4c(C)nnc43)ccc2-c2ccn3ncc(CC(=O)OCOC(=O)C(C)(C)C)c3c2)CC1. The number of nitrogens with one attached hydrogen (secondary N) is 2. The number of unbranched alkanes of at least 4 members (excludes halogenated alkanes) is 4. The van der Waals surface area contributed by atoms with Gasteiger partial charge >= 0.3 is 11.9 Å². The first-order valence-electron chi connectivity index (χ1n) is 25.2. The van der Waals surface area contributed by atoms with Gasteiger partial charge in [0.25, 0.3) is 0 Å². The average molecular weight is 1080 g/mol. The van der Waals surface area contributed by atoms with Gasteiger partial charge in [0.2, 0.25) is 28.6 Å². The number of ether oxygens (including phenoxy) is 3. The number of carbonyl (C=O) groups excluding carboxylic acids is 4. The summed E-state index contributed by atoms with van der Waals surface area (Å²) >= 11 is 7.92. The van der Waals surface area contributed by atoms with Crippen LogP contribution < -0.4 is 10.6 Å². The number of anilines is 1. The molecule has 2 N–H and O–H groups in total. The molecule has 1 fully saturated rings. The zero-order valence-corrected chi connectivity index (χ0v) is 45.8. The van der Waals surface area contributed by atoms with Gasteiger partial charge in [-0.05, 0) is 115 Å². The molecule has 398 valence electrons. The number of halogens is 1. The second-order valence-corrected chi connectivity index (χ2v) is 23.5. The van der Waals surface area contributed by atoms with E-state index in [0.717, 1.165) is 58.9 Å². The number of esters is 2. The number of methoxy groups -OCH3 is 1. The molecule has 0 bridgehead atoms. The number of carbonyl (C=O) groups is 4. The number of aryl methyl sites for hydroxylation is 2. The van der Waals surface area contributed by atoms with Crippen LogP contribution in [-0.4, -0.2) is 106 Å². The number of pyridine rings is 1. The fourth-order valence-corrected chi connectivity index (χ4v) is 12.2. The number of amides is 2. The van der Waals surface area contributed by atoms with Gasteiger partial charge in [0.15, 0.2) is 5.82 Å². The van der Waals surface area contributed by atoms with Crippen molar-refractivity contribution in [3.8, 4) is 16.1 Å². The van der Waals surface area contributed by atoms with E-state index in [9.17, 15) is 27.6 Å². The summed E-state index contributed by atoms with van der Waals surface area (Å²) in [5, 5.41) is 20.9. The molecule has 6 heterocycles. The molecule has 0 spiro atoms. The molecular weight excluding hydrogens is 1020 g/mol. The Morgan fingerprint density at radius 1 is 0.880 bits per heavy atom. The number of piperidine rings is 1. The summed E-state index contributed by atoms with van der Waals surface area (Å²) in [4.78, 5) is 58.1. The minimum absolute atomic E-state index is 0.0266. The molecule has 2 aliphatic heterocycles. The standard InChI is InChI=1S/C54H64ClN9O9S2/c1-33-34(2)74-52-49(33)50(36-14-16-39(55)17-15-36)59-43(51-61-60-35(3)64(51)52)30-47(66)56-23-12-10-8-9-11-13-46(65)58-40-18-19-42(45(29-40)75(69,70)62-24-21-41(71-7)22-25-62)37-20-26-63-44(27-37)38(31-57-63)28-48(67)72-32-73-53(68)54(4,5)6/h14-20,26-27,29,31,41,43H,8-13,21-25,28,30,32H2,1-7H3,(H,56,66)(H,58,65)/t43-/m0/s1. The summed E-state index contributed by atoms with van der Waals surface area (Å²) in [6, 6.07) is 15.4. The van der Waals surface area contributed by atoms with Crippen molar-refractivity contribution in [1.29, 1.82) is 0 Å². The molecule has 0 unspecified atom stereocenters. The second-order valence-electron chi connectivity index (χ2n) is 20.0. The number of hydrogen-bond acceptors (Lipinski definition) is 14. The molecule has 21 heteroatoms. The van der Waals surface area contributed by atoms with Gasteiger partial charge in [-0.2, -0.15) is 9.40 Å². The number of nitrogens with zero attached hydrogens (tertiary/aromatic N) is 7. The van der Waals surface area contributed by atoms with E-state index in [0.29, 0.717) is 64.5 Å². The highest BCUT2D eigenvalue weighted by Crippen LogP contribution is 2.40. The van der Waals surface area contributed by atoms with Crippen LogP contribution in [0.1, 0.15) is 123 Å². The first-order valence-corrected chi connectivity index (χ1v) is 27.8. The number of benzene rings is 2. The lowest BCUT2D eigenvalue weighted by Gasteiger charge is -2.31. The number of aliphatic imine (C=N–C) groups is 1. The minimum Gasteiger partial charge on any atom is -0.428 e. The van der Waals surface area contributed by atoms with Crippen LogP contribution >= 0.6 is 22.9 Å². The van der Waals surface area contributed by atoms with Crippen LogP contribution in [0.15, 0.2) is 76.9 Å². The molecule has 4 aromatic heterocycles. The van der Waals surface area contributed by atoms with Gasteiger partial charge in [0.1, 0.15) is 16.9 Å². The summed E-state index contributed by atoms with van der Waals surface area (Å²) in [6.45, 7) is 11.7. The third-order valence-electron chi connectivity index (χ3n) is 13.5. The zero-order chi connectivity index (χ0) is 53.6. The molecule has 1 atom stereocenters. The highest BCUT2D eigenvalue weighted by Gasteiger charge is 2.34. The predicted molar refractivity (Wildman–Crippen MR) is 287 cm³/mol. The van der Waals surface area contributed by atoms with Crippen molar-refractivity contribution in [3.05, 3.63) is 111 Å². The fourth-order valence-electron chi connectivity index (χ4n) is 9.18. The van der Waals surface area contributed by atoms with E-state index >= 15 is 0 Å². The maximum atomic E-state index is 14.5. The fraction of sp³-hybridized carbons (Fsp3) is 0.444. The number of aromatic nitrogens is 5. The molecule has 2 aromatic carbocycles. The third-order valence-corrected chi connectivity index (χ3v) is 16.9. The van der Waals surface area contributed by atoms with Gasteiger partial charge in [0.05, 0.1) is 46.7 Å². The number of sulfonamides is 1. The first-order chi connectivity index (χ1) is 35.8. The third kappa shape index (κ3) is 12.9. The molecule has 0 aliphatic carbocycles. The molecule has 2 aliphatic rings. The molecule has 8 rings (SSSR count). The summed E-state index contributed by atoms with van der Waals surface area (Å²) in [6.07, 6.45) is 8.31. The van der Waals surface area contributed by atoms with Crippen LogP contribution in [0, 0.1) is 26.2 Å². The van der Waals surface area contributed by atoms with Gasteiger partial charge in [-0.25, -0.2) is 12.9 Å². The summed E-state index contributed by atoms with van der Waals surface area (Å²) < 4.78 is 49.8. The van der Waals surface area contributed by atoms with Crippen LogP contribution in [0.4, 0.5) is 5.69 Å². The molecule has 0 radical (unpaired) electrons. The van der Waals surface area contributed by atoms with Crippen LogP contribution in [0.3, 0.4) is 0 Å². The second kappa shape index (κ2) is 23.7. The molecule has 2 amide bonds. The topological polar surface area (TPSA) is 218 Å². The summed E-state index contributed by atoms with van der Waals surface area (Å²) in [5.74, 6) is -0.163. The Morgan fingerprint density at radius 3 is 2.35 bits per heavy atom. The van der Waals surface area contributed by atoms with E-state index in [1.807, 2.05) is 35.8 Å². The van der Waals surface area contributed by atoms with E-state index in [1.54, 1.807) is 74.2 Å². The van der Waals surface area contributed by atoms with Crippen LogP contribution in [0.25, 0.3) is 21.6 Å². The lowest BCUT2D eigenvalue weighted by Crippen LogP contribution is -2.40. The zero-order valence-electron chi connectivity index (χ0n) is 43.4. The van der Waals surface area contributed by atoms with Crippen molar-refractivity contribution in [3.63, 3.8) is 0 Å². The van der Waals surface area contributed by atoms with Crippen molar-refractivity contribution >= 4 is 73.6 Å². The van der Waals surface area contributed by atoms with Crippen LogP contribution in [0.5, 0.6) is 0 Å². The van der Waals surface area contributed by atoms with Crippen molar-refractivity contribution < 1.29 is 41.8 Å². The Kier molecular flexibility index (Phi) is 17.4. The maximum absolute atomic E-state index is 14.5. The Morgan fingerprint density at radius 2 is 1.61 bits per heavy atom. The lowest BCUT2D eigenvalue weighted by atomic mass is 9.98. The quantitative estimate of drug-likeness (QED) is 0.0416. The predicted octanol–water partition coefficient (Wildman–Crippen LogP) is 9.03. The smallest absolute Gasteiger partial charge is 0.314 e. The van der Waals surface area contributed by atoms with Gasteiger partial charge in [-0.15, -0.1) is 21.5 Å². The molecule has 75 heavy (non-hydrogen) atoms. The number of fused-ring (bicyclic) bond motifs is 4. The summed E-state index contributed by atoms with van der Waals surface area (Å²) in [5.41, 5.74) is 5.45. The summed E-state index contributed by atoms with van der Waals surface area (Å²) in [7, 11) is -2.44. The Balaban J connectivity index is 0.855. The van der Waals surface area contributed by atoms with Gasteiger partial charge in [-0.3, -0.25) is 28.7 Å². The molecule has 6 aromatic rings.